The van der Waals surface area contributed by atoms with E-state index in [0.717, 1.165) is 29.5 Å². The zero-order valence-corrected chi connectivity index (χ0v) is 13.3. The third-order valence-corrected chi connectivity index (χ3v) is 4.87. The van der Waals surface area contributed by atoms with Crippen LogP contribution in [0.1, 0.15) is 19.3 Å². The Morgan fingerprint density at radius 1 is 1.09 bits per heavy atom. The van der Waals surface area contributed by atoms with Crippen LogP contribution in [-0.2, 0) is 0 Å². The number of hydrogen-bond acceptors (Lipinski definition) is 3. The van der Waals surface area contributed by atoms with Crippen molar-refractivity contribution in [1.82, 2.24) is 4.90 Å². The SMILES string of the molecule is Clc1ccc2c(c1)N=C(N1CCCCC1)C1C=CC=CC1N2. The van der Waals surface area contributed by atoms with Gasteiger partial charge in [0.15, 0.2) is 0 Å². The van der Waals surface area contributed by atoms with Crippen molar-refractivity contribution in [1.29, 1.82) is 0 Å². The van der Waals surface area contributed by atoms with Crippen molar-refractivity contribution < 1.29 is 0 Å². The molecule has 2 aliphatic heterocycles. The molecule has 22 heavy (non-hydrogen) atoms. The molecule has 0 amide bonds. The van der Waals surface area contributed by atoms with Crippen molar-refractivity contribution in [2.24, 2.45) is 10.9 Å². The van der Waals surface area contributed by atoms with Crippen LogP contribution in [0, 0.1) is 5.92 Å². The zero-order chi connectivity index (χ0) is 14.9. The van der Waals surface area contributed by atoms with Gasteiger partial charge in [0.2, 0.25) is 0 Å². The molecule has 4 heteroatoms. The van der Waals surface area contributed by atoms with Gasteiger partial charge in [-0.25, -0.2) is 4.99 Å². The maximum absolute atomic E-state index is 6.18. The quantitative estimate of drug-likeness (QED) is 0.769. The molecule has 1 fully saturated rings. The molecule has 1 aromatic carbocycles. The van der Waals surface area contributed by atoms with Crippen molar-refractivity contribution in [3.63, 3.8) is 0 Å². The molecule has 1 N–H and O–H groups in total. The van der Waals surface area contributed by atoms with Crippen LogP contribution in [0.4, 0.5) is 11.4 Å². The topological polar surface area (TPSA) is 27.6 Å². The fourth-order valence-electron chi connectivity index (χ4n) is 3.49. The minimum absolute atomic E-state index is 0.258. The number of anilines is 1. The fourth-order valence-corrected chi connectivity index (χ4v) is 3.66. The second-order valence-corrected chi connectivity index (χ2v) is 6.58. The number of nitrogens with one attached hydrogen (secondary N) is 1. The van der Waals surface area contributed by atoms with E-state index < -0.39 is 0 Å². The maximum Gasteiger partial charge on any atom is 0.114 e. The summed E-state index contributed by atoms with van der Waals surface area (Å²) in [6.07, 6.45) is 12.6. The Morgan fingerprint density at radius 2 is 1.91 bits per heavy atom. The van der Waals surface area contributed by atoms with Crippen molar-refractivity contribution in [2.75, 3.05) is 18.4 Å². The minimum Gasteiger partial charge on any atom is -0.376 e. The van der Waals surface area contributed by atoms with Gasteiger partial charge in [-0.15, -0.1) is 0 Å². The van der Waals surface area contributed by atoms with Crippen LogP contribution in [0.25, 0.3) is 0 Å². The second kappa shape index (κ2) is 5.81. The molecule has 0 radical (unpaired) electrons. The summed E-state index contributed by atoms with van der Waals surface area (Å²) in [5, 5.41) is 4.35. The molecule has 0 bridgehead atoms. The molecule has 1 aliphatic carbocycles. The zero-order valence-electron chi connectivity index (χ0n) is 12.5. The standard InChI is InChI=1S/C18H20ClN3/c19-13-8-9-16-17(12-13)21-18(22-10-4-1-5-11-22)14-6-2-3-7-15(14)20-16/h2-3,6-9,12,14-15,20H,1,4-5,10-11H2. The van der Waals surface area contributed by atoms with Gasteiger partial charge in [0.25, 0.3) is 0 Å². The number of allylic oxidation sites excluding steroid dienone is 2. The van der Waals surface area contributed by atoms with Crippen LogP contribution in [-0.4, -0.2) is 29.9 Å². The van der Waals surface area contributed by atoms with Crippen LogP contribution < -0.4 is 5.32 Å². The molecule has 114 valence electrons. The van der Waals surface area contributed by atoms with E-state index in [4.69, 9.17) is 16.6 Å². The molecule has 3 nitrogen and oxygen atoms in total. The lowest BCUT2D eigenvalue weighted by Crippen LogP contribution is -2.44. The molecule has 0 saturated carbocycles. The van der Waals surface area contributed by atoms with Crippen LogP contribution >= 0.6 is 11.6 Å². The van der Waals surface area contributed by atoms with E-state index in [9.17, 15) is 0 Å². The number of rotatable bonds is 0. The van der Waals surface area contributed by atoms with Gasteiger partial charge < -0.3 is 10.2 Å². The second-order valence-electron chi connectivity index (χ2n) is 6.14. The molecule has 1 aromatic rings. The van der Waals surface area contributed by atoms with Crippen LogP contribution in [0.15, 0.2) is 47.5 Å². The largest absolute Gasteiger partial charge is 0.376 e. The third kappa shape index (κ3) is 2.54. The number of aliphatic imine (C=N–C) groups is 1. The Kier molecular flexibility index (Phi) is 3.67. The van der Waals surface area contributed by atoms with E-state index in [0.29, 0.717) is 0 Å². The van der Waals surface area contributed by atoms with Gasteiger partial charge >= 0.3 is 0 Å². The van der Waals surface area contributed by atoms with E-state index >= 15 is 0 Å². The van der Waals surface area contributed by atoms with E-state index in [1.54, 1.807) is 0 Å². The lowest BCUT2D eigenvalue weighted by molar-refractivity contribution is 0.330. The number of benzene rings is 1. The summed E-state index contributed by atoms with van der Waals surface area (Å²) in [7, 11) is 0. The first-order chi connectivity index (χ1) is 10.8. The van der Waals surface area contributed by atoms with Gasteiger partial charge in [0.05, 0.1) is 23.3 Å². The predicted molar refractivity (Wildman–Crippen MR) is 93.2 cm³/mol. The van der Waals surface area contributed by atoms with Crippen molar-refractivity contribution in [2.45, 2.75) is 25.3 Å². The number of nitrogens with zero attached hydrogens (tertiary/aromatic N) is 2. The number of piperidine rings is 1. The highest BCUT2D eigenvalue weighted by Crippen LogP contribution is 2.35. The van der Waals surface area contributed by atoms with Crippen molar-refractivity contribution in [3.8, 4) is 0 Å². The lowest BCUT2D eigenvalue weighted by Gasteiger charge is -2.35. The average Bonchev–Trinajstić information content (AvgIpc) is 2.72. The number of amidine groups is 1. The van der Waals surface area contributed by atoms with Crippen LogP contribution in [0.2, 0.25) is 5.02 Å². The van der Waals surface area contributed by atoms with E-state index in [1.165, 1.54) is 25.1 Å². The van der Waals surface area contributed by atoms with Gasteiger partial charge in [-0.2, -0.15) is 0 Å². The molecule has 1 saturated heterocycles. The number of likely N-dealkylation sites (tertiary alicyclic amines) is 1. The summed E-state index contributed by atoms with van der Waals surface area (Å²) in [6.45, 7) is 2.21. The molecule has 2 atom stereocenters. The summed E-state index contributed by atoms with van der Waals surface area (Å²) in [5.74, 6) is 1.47. The Labute approximate surface area is 136 Å². The molecule has 2 unspecified atom stereocenters. The molecule has 4 rings (SSSR count). The summed E-state index contributed by atoms with van der Waals surface area (Å²) in [6, 6.07) is 6.17. The predicted octanol–water partition coefficient (Wildman–Crippen LogP) is 4.39. The van der Waals surface area contributed by atoms with E-state index in [1.807, 2.05) is 18.2 Å². The Bertz CT molecular complexity index is 656. The normalized spacial score (nSPS) is 26.6. The first kappa shape index (κ1) is 13.9. The van der Waals surface area contributed by atoms with Gasteiger partial charge in [-0.3, -0.25) is 0 Å². The van der Waals surface area contributed by atoms with Gasteiger partial charge in [-0.05, 0) is 37.5 Å². The Morgan fingerprint density at radius 3 is 2.77 bits per heavy atom. The lowest BCUT2D eigenvalue weighted by atomic mass is 9.92. The summed E-state index contributed by atoms with van der Waals surface area (Å²) >= 11 is 6.18. The van der Waals surface area contributed by atoms with Crippen molar-refractivity contribution in [3.05, 3.63) is 47.5 Å². The Balaban J connectivity index is 1.79. The number of fused-ring (bicyclic) bond motifs is 2. The maximum atomic E-state index is 6.18. The molecular weight excluding hydrogens is 294 g/mol. The number of halogens is 1. The van der Waals surface area contributed by atoms with E-state index in [-0.39, 0.29) is 12.0 Å². The molecule has 0 spiro atoms. The first-order valence-corrected chi connectivity index (χ1v) is 8.44. The minimum atomic E-state index is 0.258. The van der Waals surface area contributed by atoms with Gasteiger partial charge in [-0.1, -0.05) is 35.9 Å². The van der Waals surface area contributed by atoms with Gasteiger partial charge in [0.1, 0.15) is 5.84 Å². The summed E-state index contributed by atoms with van der Waals surface area (Å²) in [4.78, 5) is 7.48. The smallest absolute Gasteiger partial charge is 0.114 e. The fraction of sp³-hybridized carbons (Fsp3) is 0.389. The van der Waals surface area contributed by atoms with Crippen LogP contribution in [0.3, 0.4) is 0 Å². The third-order valence-electron chi connectivity index (χ3n) is 4.63. The summed E-state index contributed by atoms with van der Waals surface area (Å²) < 4.78 is 0. The van der Waals surface area contributed by atoms with Gasteiger partial charge in [0, 0.05) is 18.1 Å². The highest BCUT2D eigenvalue weighted by Gasteiger charge is 2.31. The molecule has 0 aromatic heterocycles. The summed E-state index contributed by atoms with van der Waals surface area (Å²) in [5.41, 5.74) is 2.01. The molecular formula is C18H20ClN3. The monoisotopic (exact) mass is 313 g/mol. The highest BCUT2D eigenvalue weighted by molar-refractivity contribution is 6.31. The van der Waals surface area contributed by atoms with Crippen molar-refractivity contribution >= 4 is 28.8 Å². The van der Waals surface area contributed by atoms with Crippen LogP contribution in [0.5, 0.6) is 0 Å². The number of hydrogen-bond donors (Lipinski definition) is 1. The Hall–Kier alpha value is -1.74. The molecule has 3 aliphatic rings. The highest BCUT2D eigenvalue weighted by atomic mass is 35.5. The van der Waals surface area contributed by atoms with E-state index in [2.05, 4.69) is 34.5 Å². The molecule has 2 heterocycles. The average molecular weight is 314 g/mol. The first-order valence-electron chi connectivity index (χ1n) is 8.06.